The Hall–Kier alpha value is -2.62. The molecule has 0 saturated carbocycles. The molecule has 0 radical (unpaired) electrons. The monoisotopic (exact) mass is 296 g/mol. The topological polar surface area (TPSA) is 58.2 Å². The number of benzene rings is 2. The largest absolute Gasteiger partial charge is 0.354 e. The van der Waals surface area contributed by atoms with Crippen molar-refractivity contribution in [3.05, 3.63) is 71.3 Å². The lowest BCUT2D eigenvalue weighted by atomic mass is 10.1. The SMILES string of the molecule is Cc1ccc(CC(=O)NCCNC(=O)c2ccccc2)cc1. The predicted octanol–water partition coefficient (Wildman–Crippen LogP) is 2.08. The maximum atomic E-state index is 11.8. The highest BCUT2D eigenvalue weighted by atomic mass is 16.2. The fourth-order valence-electron chi connectivity index (χ4n) is 2.02. The Labute approximate surface area is 130 Å². The van der Waals surface area contributed by atoms with Gasteiger partial charge in [-0.3, -0.25) is 9.59 Å². The van der Waals surface area contributed by atoms with Gasteiger partial charge >= 0.3 is 0 Å². The summed E-state index contributed by atoms with van der Waals surface area (Å²) < 4.78 is 0. The third kappa shape index (κ3) is 5.05. The van der Waals surface area contributed by atoms with Crippen LogP contribution in [0.4, 0.5) is 0 Å². The fourth-order valence-corrected chi connectivity index (χ4v) is 2.02. The molecule has 2 rings (SSSR count). The minimum Gasteiger partial charge on any atom is -0.354 e. The van der Waals surface area contributed by atoms with Crippen molar-refractivity contribution in [3.63, 3.8) is 0 Å². The van der Waals surface area contributed by atoms with Crippen LogP contribution in [0.3, 0.4) is 0 Å². The van der Waals surface area contributed by atoms with E-state index in [2.05, 4.69) is 10.6 Å². The Kier molecular flexibility index (Phi) is 5.72. The summed E-state index contributed by atoms with van der Waals surface area (Å²) in [6.07, 6.45) is 0.354. The van der Waals surface area contributed by atoms with Crippen LogP contribution in [0.5, 0.6) is 0 Å². The lowest BCUT2D eigenvalue weighted by Gasteiger charge is -2.07. The molecule has 0 aromatic heterocycles. The first kappa shape index (κ1) is 15.8. The molecule has 2 aromatic carbocycles. The van der Waals surface area contributed by atoms with Crippen LogP contribution >= 0.6 is 0 Å². The van der Waals surface area contributed by atoms with Crippen LogP contribution in [-0.4, -0.2) is 24.9 Å². The molecule has 0 spiro atoms. The summed E-state index contributed by atoms with van der Waals surface area (Å²) in [4.78, 5) is 23.6. The molecule has 0 saturated heterocycles. The van der Waals surface area contributed by atoms with Gasteiger partial charge in [-0.05, 0) is 24.6 Å². The van der Waals surface area contributed by atoms with Crippen molar-refractivity contribution in [2.24, 2.45) is 0 Å². The van der Waals surface area contributed by atoms with Crippen LogP contribution in [0, 0.1) is 6.92 Å². The molecule has 0 atom stereocenters. The highest BCUT2D eigenvalue weighted by molar-refractivity contribution is 5.94. The average Bonchev–Trinajstić information content (AvgIpc) is 2.54. The van der Waals surface area contributed by atoms with Gasteiger partial charge in [-0.1, -0.05) is 48.0 Å². The number of aryl methyl sites for hydroxylation is 1. The third-order valence-corrected chi connectivity index (χ3v) is 3.25. The molecule has 0 bridgehead atoms. The first-order chi connectivity index (χ1) is 10.6. The van der Waals surface area contributed by atoms with E-state index in [1.165, 1.54) is 5.56 Å². The molecule has 2 amide bonds. The number of nitrogens with one attached hydrogen (secondary N) is 2. The van der Waals surface area contributed by atoms with E-state index in [9.17, 15) is 9.59 Å². The van der Waals surface area contributed by atoms with Crippen molar-refractivity contribution >= 4 is 11.8 Å². The predicted molar refractivity (Wildman–Crippen MR) is 86.7 cm³/mol. The molecule has 0 aliphatic carbocycles. The van der Waals surface area contributed by atoms with E-state index in [4.69, 9.17) is 0 Å². The summed E-state index contributed by atoms with van der Waals surface area (Å²) in [6, 6.07) is 16.9. The smallest absolute Gasteiger partial charge is 0.251 e. The zero-order valence-corrected chi connectivity index (χ0v) is 12.6. The number of carbonyl (C=O) groups is 2. The number of amides is 2. The van der Waals surface area contributed by atoms with Crippen LogP contribution in [0.2, 0.25) is 0 Å². The van der Waals surface area contributed by atoms with Gasteiger partial charge in [0.1, 0.15) is 0 Å². The molecule has 0 heterocycles. The van der Waals surface area contributed by atoms with Crippen LogP contribution in [0.15, 0.2) is 54.6 Å². The quantitative estimate of drug-likeness (QED) is 0.802. The Morgan fingerprint density at radius 1 is 0.864 bits per heavy atom. The summed E-state index contributed by atoms with van der Waals surface area (Å²) in [5.74, 6) is -0.175. The van der Waals surface area contributed by atoms with Gasteiger partial charge in [0.2, 0.25) is 5.91 Å². The second-order valence-electron chi connectivity index (χ2n) is 5.13. The molecular formula is C18H20N2O2. The summed E-state index contributed by atoms with van der Waals surface area (Å²) in [5, 5.41) is 5.57. The fraction of sp³-hybridized carbons (Fsp3) is 0.222. The number of hydrogen-bond donors (Lipinski definition) is 2. The van der Waals surface area contributed by atoms with Crippen molar-refractivity contribution in [2.75, 3.05) is 13.1 Å². The van der Waals surface area contributed by atoms with Crippen LogP contribution < -0.4 is 10.6 Å². The van der Waals surface area contributed by atoms with Crippen molar-refractivity contribution < 1.29 is 9.59 Å². The maximum absolute atomic E-state index is 11.8. The van der Waals surface area contributed by atoms with Gasteiger partial charge in [0.15, 0.2) is 0 Å². The van der Waals surface area contributed by atoms with Gasteiger partial charge in [0, 0.05) is 18.7 Å². The van der Waals surface area contributed by atoms with Crippen molar-refractivity contribution in [1.29, 1.82) is 0 Å². The van der Waals surface area contributed by atoms with E-state index in [0.717, 1.165) is 5.56 Å². The summed E-state index contributed by atoms with van der Waals surface area (Å²) in [7, 11) is 0. The highest BCUT2D eigenvalue weighted by Crippen LogP contribution is 2.03. The second-order valence-corrected chi connectivity index (χ2v) is 5.13. The molecular weight excluding hydrogens is 276 g/mol. The molecule has 0 aliphatic heterocycles. The summed E-state index contributed by atoms with van der Waals surface area (Å²) in [6.45, 7) is 2.84. The van der Waals surface area contributed by atoms with E-state index in [1.807, 2.05) is 49.4 Å². The molecule has 0 aliphatic rings. The highest BCUT2D eigenvalue weighted by Gasteiger charge is 2.05. The van der Waals surface area contributed by atoms with Gasteiger partial charge in [0.25, 0.3) is 5.91 Å². The minimum absolute atomic E-state index is 0.0437. The average molecular weight is 296 g/mol. The van der Waals surface area contributed by atoms with Gasteiger partial charge in [0.05, 0.1) is 6.42 Å². The van der Waals surface area contributed by atoms with Gasteiger partial charge < -0.3 is 10.6 Å². The first-order valence-corrected chi connectivity index (χ1v) is 7.30. The van der Waals surface area contributed by atoms with Crippen LogP contribution in [0.25, 0.3) is 0 Å². The van der Waals surface area contributed by atoms with Gasteiger partial charge in [-0.25, -0.2) is 0 Å². The Balaban J connectivity index is 1.67. The third-order valence-electron chi connectivity index (χ3n) is 3.25. The van der Waals surface area contributed by atoms with Crippen molar-refractivity contribution in [3.8, 4) is 0 Å². The van der Waals surface area contributed by atoms with E-state index in [-0.39, 0.29) is 11.8 Å². The molecule has 114 valence electrons. The van der Waals surface area contributed by atoms with E-state index < -0.39 is 0 Å². The number of rotatable bonds is 6. The number of hydrogen-bond acceptors (Lipinski definition) is 2. The minimum atomic E-state index is -0.131. The molecule has 2 N–H and O–H groups in total. The molecule has 4 heteroatoms. The maximum Gasteiger partial charge on any atom is 0.251 e. The zero-order chi connectivity index (χ0) is 15.8. The Morgan fingerprint density at radius 2 is 1.50 bits per heavy atom. The van der Waals surface area contributed by atoms with Gasteiger partial charge in [-0.2, -0.15) is 0 Å². The summed E-state index contributed by atoms with van der Waals surface area (Å²) >= 11 is 0. The van der Waals surface area contributed by atoms with Crippen LogP contribution in [0.1, 0.15) is 21.5 Å². The summed E-state index contributed by atoms with van der Waals surface area (Å²) in [5.41, 5.74) is 2.78. The standard InChI is InChI=1S/C18H20N2O2/c1-14-7-9-15(10-8-14)13-17(21)19-11-12-20-18(22)16-5-3-2-4-6-16/h2-10H,11-13H2,1H3,(H,19,21)(H,20,22). The molecule has 0 unspecified atom stereocenters. The molecule has 2 aromatic rings. The lowest BCUT2D eigenvalue weighted by molar-refractivity contribution is -0.120. The zero-order valence-electron chi connectivity index (χ0n) is 12.6. The molecule has 22 heavy (non-hydrogen) atoms. The molecule has 0 fully saturated rings. The van der Waals surface area contributed by atoms with E-state index in [0.29, 0.717) is 25.1 Å². The van der Waals surface area contributed by atoms with Gasteiger partial charge in [-0.15, -0.1) is 0 Å². The lowest BCUT2D eigenvalue weighted by Crippen LogP contribution is -2.35. The first-order valence-electron chi connectivity index (χ1n) is 7.30. The Bertz CT molecular complexity index is 621. The van der Waals surface area contributed by atoms with E-state index >= 15 is 0 Å². The van der Waals surface area contributed by atoms with Crippen molar-refractivity contribution in [1.82, 2.24) is 10.6 Å². The normalized spacial score (nSPS) is 10.0. The molecule has 4 nitrogen and oxygen atoms in total. The second kappa shape index (κ2) is 7.98. The van der Waals surface area contributed by atoms with Crippen LogP contribution in [-0.2, 0) is 11.2 Å². The van der Waals surface area contributed by atoms with E-state index in [1.54, 1.807) is 12.1 Å². The Morgan fingerprint density at radius 3 is 2.18 bits per heavy atom. The number of carbonyl (C=O) groups excluding carboxylic acids is 2. The van der Waals surface area contributed by atoms with Crippen molar-refractivity contribution in [2.45, 2.75) is 13.3 Å².